The summed E-state index contributed by atoms with van der Waals surface area (Å²) in [6, 6.07) is 9.44. The number of hydrogen-bond acceptors (Lipinski definition) is 4. The Bertz CT molecular complexity index is 725. The molecule has 1 aromatic carbocycles. The Morgan fingerprint density at radius 3 is 2.27 bits per heavy atom. The second kappa shape index (κ2) is 6.64. The van der Waals surface area contributed by atoms with E-state index < -0.39 is 17.0 Å². The van der Waals surface area contributed by atoms with Gasteiger partial charge in [-0.05, 0) is 64.5 Å². The molecule has 2 N–H and O–H groups in total. The van der Waals surface area contributed by atoms with Crippen LogP contribution in [0.4, 0.5) is 0 Å². The molecule has 0 saturated heterocycles. The Hall–Kier alpha value is -2.55. The van der Waals surface area contributed by atoms with Gasteiger partial charge in [-0.3, -0.25) is 15.1 Å². The minimum Gasteiger partial charge on any atom is -0.481 e. The molecule has 3 fully saturated rings. The number of fused-ring (bicyclic) bond motifs is 3. The average molecular weight is 355 g/mol. The summed E-state index contributed by atoms with van der Waals surface area (Å²) in [5, 5.41) is 21.5. The van der Waals surface area contributed by atoms with Gasteiger partial charge in [0, 0.05) is 0 Å². The molecule has 0 unspecified atom stereocenters. The van der Waals surface area contributed by atoms with Crippen LogP contribution in [0.5, 0.6) is 5.75 Å². The number of nitrogens with zero attached hydrogens (tertiary/aromatic N) is 2. The highest BCUT2D eigenvalue weighted by Crippen LogP contribution is 2.54. The molecule has 0 radical (unpaired) electrons. The lowest BCUT2D eigenvalue weighted by atomic mass is 9.57. The zero-order chi connectivity index (χ0) is 18.8. The number of nitriles is 1. The Kier molecular flexibility index (Phi) is 4.66. The van der Waals surface area contributed by atoms with Crippen LogP contribution in [0.25, 0.3) is 0 Å². The summed E-state index contributed by atoms with van der Waals surface area (Å²) in [5.41, 5.74) is -1.67. The number of carboxylic acid groups (broad SMARTS) is 1. The van der Waals surface area contributed by atoms with Crippen molar-refractivity contribution in [2.24, 2.45) is 10.4 Å². The molecule has 6 nitrogen and oxygen atoms in total. The molecule has 0 atom stereocenters. The predicted octanol–water partition coefficient (Wildman–Crippen LogP) is 3.49. The number of carboxylic acids is 1. The number of carbonyl (C=O) groups is 1. The van der Waals surface area contributed by atoms with E-state index in [1.54, 1.807) is 0 Å². The molecular formula is C20H25N3O3. The van der Waals surface area contributed by atoms with E-state index in [0.717, 1.165) is 19.3 Å². The molecule has 138 valence electrons. The molecule has 1 aromatic rings. The second-order valence-electron chi connectivity index (χ2n) is 7.93. The molecule has 0 amide bonds. The van der Waals surface area contributed by atoms with Crippen molar-refractivity contribution in [3.05, 3.63) is 30.3 Å². The van der Waals surface area contributed by atoms with Crippen molar-refractivity contribution < 1.29 is 14.6 Å². The monoisotopic (exact) mass is 355 g/mol. The van der Waals surface area contributed by atoms with E-state index in [2.05, 4.69) is 5.32 Å². The number of ether oxygens (including phenoxy) is 1. The normalized spacial score (nSPS) is 28.3. The lowest BCUT2D eigenvalue weighted by Gasteiger charge is -2.49. The van der Waals surface area contributed by atoms with Crippen molar-refractivity contribution in [2.75, 3.05) is 0 Å². The molecule has 3 saturated carbocycles. The van der Waals surface area contributed by atoms with E-state index in [1.807, 2.05) is 50.4 Å². The Morgan fingerprint density at radius 2 is 1.77 bits per heavy atom. The fourth-order valence-corrected chi connectivity index (χ4v) is 4.09. The first-order valence-electron chi connectivity index (χ1n) is 9.04. The highest BCUT2D eigenvalue weighted by Gasteiger charge is 2.53. The van der Waals surface area contributed by atoms with Crippen LogP contribution in [0.3, 0.4) is 0 Å². The van der Waals surface area contributed by atoms with E-state index in [0.29, 0.717) is 30.8 Å². The van der Waals surface area contributed by atoms with Crippen molar-refractivity contribution in [1.82, 2.24) is 5.32 Å². The molecule has 26 heavy (non-hydrogen) atoms. The molecule has 6 heteroatoms. The van der Waals surface area contributed by atoms with Gasteiger partial charge < -0.3 is 9.84 Å². The van der Waals surface area contributed by atoms with E-state index in [9.17, 15) is 15.2 Å². The molecule has 4 rings (SSSR count). The van der Waals surface area contributed by atoms with E-state index in [4.69, 9.17) is 9.73 Å². The lowest BCUT2D eigenvalue weighted by molar-refractivity contribution is -0.155. The number of rotatable bonds is 5. The molecule has 0 heterocycles. The van der Waals surface area contributed by atoms with Gasteiger partial charge in [-0.15, -0.1) is 0 Å². The number of hydrogen-bond donors (Lipinski definition) is 2. The third-order valence-electron chi connectivity index (χ3n) is 5.87. The molecule has 2 bridgehead atoms. The Labute approximate surface area is 153 Å². The molecule has 0 aliphatic heterocycles. The third-order valence-corrected chi connectivity index (χ3v) is 5.87. The third kappa shape index (κ3) is 3.39. The van der Waals surface area contributed by atoms with Crippen molar-refractivity contribution >= 4 is 11.8 Å². The van der Waals surface area contributed by atoms with Crippen molar-refractivity contribution in [3.8, 4) is 11.9 Å². The number of amidine groups is 1. The molecule has 3 aliphatic rings. The van der Waals surface area contributed by atoms with Crippen LogP contribution in [0.1, 0.15) is 52.4 Å². The van der Waals surface area contributed by atoms with Gasteiger partial charge in [-0.2, -0.15) is 5.26 Å². The predicted molar refractivity (Wildman–Crippen MR) is 97.8 cm³/mol. The minimum atomic E-state index is -0.801. The van der Waals surface area contributed by atoms with Crippen LogP contribution in [0.2, 0.25) is 0 Å². The van der Waals surface area contributed by atoms with Gasteiger partial charge in [0.15, 0.2) is 17.6 Å². The van der Waals surface area contributed by atoms with Gasteiger partial charge in [0.1, 0.15) is 5.75 Å². The Morgan fingerprint density at radius 1 is 1.19 bits per heavy atom. The Balaban J connectivity index is 1.84. The summed E-state index contributed by atoms with van der Waals surface area (Å²) in [7, 11) is 0. The first kappa shape index (κ1) is 18.2. The summed E-state index contributed by atoms with van der Waals surface area (Å²) in [4.78, 5) is 16.5. The zero-order valence-electron chi connectivity index (χ0n) is 15.3. The maximum atomic E-state index is 11.6. The van der Waals surface area contributed by atoms with Gasteiger partial charge in [-0.1, -0.05) is 18.2 Å². The van der Waals surface area contributed by atoms with Crippen LogP contribution in [0.15, 0.2) is 35.3 Å². The van der Waals surface area contributed by atoms with Gasteiger partial charge in [0.2, 0.25) is 0 Å². The first-order valence-corrected chi connectivity index (χ1v) is 9.04. The van der Waals surface area contributed by atoms with Gasteiger partial charge in [0.05, 0.1) is 11.0 Å². The minimum absolute atomic E-state index is 0.298. The number of para-hydroxylation sites is 1. The zero-order valence-corrected chi connectivity index (χ0v) is 15.3. The summed E-state index contributed by atoms with van der Waals surface area (Å²) in [6.07, 6.45) is 6.11. The quantitative estimate of drug-likeness (QED) is 0.365. The lowest BCUT2D eigenvalue weighted by Crippen LogP contribution is -2.52. The number of aliphatic imine (C=N–C) groups is 1. The second-order valence-corrected chi connectivity index (χ2v) is 7.93. The molecule has 0 aromatic heterocycles. The summed E-state index contributed by atoms with van der Waals surface area (Å²) in [5.74, 6) is 0.520. The van der Waals surface area contributed by atoms with Crippen molar-refractivity contribution in [2.45, 2.75) is 63.5 Å². The smallest absolute Gasteiger partial charge is 0.309 e. The largest absolute Gasteiger partial charge is 0.481 e. The maximum absolute atomic E-state index is 11.6. The highest BCUT2D eigenvalue weighted by atomic mass is 16.5. The fraction of sp³-hybridized carbons (Fsp3) is 0.550. The van der Waals surface area contributed by atoms with Crippen LogP contribution in [-0.2, 0) is 4.79 Å². The average Bonchev–Trinajstić information content (AvgIpc) is 2.63. The first-order chi connectivity index (χ1) is 12.3. The molecule has 0 spiro atoms. The van der Waals surface area contributed by atoms with Crippen LogP contribution >= 0.6 is 0 Å². The number of nitrogens with one attached hydrogen (secondary N) is 1. The molecule has 3 aliphatic carbocycles. The SMILES string of the molecule is CC(C)(Oc1ccccc1)C(=NC12CCC(C(=O)O)(CC1)CC2)NC#N. The van der Waals surface area contributed by atoms with Crippen LogP contribution in [-0.4, -0.2) is 28.1 Å². The summed E-state index contributed by atoms with van der Waals surface area (Å²) in [6.45, 7) is 3.76. The van der Waals surface area contributed by atoms with Crippen LogP contribution < -0.4 is 10.1 Å². The van der Waals surface area contributed by atoms with Gasteiger partial charge in [0.25, 0.3) is 0 Å². The van der Waals surface area contributed by atoms with E-state index in [-0.39, 0.29) is 5.54 Å². The number of benzene rings is 1. The van der Waals surface area contributed by atoms with Crippen LogP contribution in [0, 0.1) is 16.9 Å². The topological polar surface area (TPSA) is 94.7 Å². The van der Waals surface area contributed by atoms with Gasteiger partial charge in [-0.25, -0.2) is 0 Å². The molecular weight excluding hydrogens is 330 g/mol. The van der Waals surface area contributed by atoms with E-state index in [1.165, 1.54) is 0 Å². The van der Waals surface area contributed by atoms with E-state index >= 15 is 0 Å². The van der Waals surface area contributed by atoms with Crippen molar-refractivity contribution in [3.63, 3.8) is 0 Å². The number of aliphatic carboxylic acids is 1. The maximum Gasteiger partial charge on any atom is 0.309 e. The van der Waals surface area contributed by atoms with Gasteiger partial charge >= 0.3 is 5.97 Å². The summed E-state index contributed by atoms with van der Waals surface area (Å²) < 4.78 is 6.08. The fourth-order valence-electron chi connectivity index (χ4n) is 4.09. The standard InChI is InChI=1S/C20H25N3O3/c1-18(2,26-15-6-4-3-5-7-15)16(22-14-21)23-20-11-8-19(9-12-20,10-13-20)17(24)25/h3-7H,8-13H2,1-2H3,(H,22,23)(H,24,25). The highest BCUT2D eigenvalue weighted by molar-refractivity contribution is 5.91. The summed E-state index contributed by atoms with van der Waals surface area (Å²) >= 11 is 0. The van der Waals surface area contributed by atoms with Crippen molar-refractivity contribution in [1.29, 1.82) is 5.26 Å².